The summed E-state index contributed by atoms with van der Waals surface area (Å²) in [6.45, 7) is 1.86. The van der Waals surface area contributed by atoms with Gasteiger partial charge in [0.25, 0.3) is 5.91 Å². The molecule has 31 heavy (non-hydrogen) atoms. The molecule has 6 nitrogen and oxygen atoms in total. The number of rotatable bonds is 7. The fourth-order valence-electron chi connectivity index (χ4n) is 2.77. The van der Waals surface area contributed by atoms with Crippen molar-refractivity contribution in [1.29, 1.82) is 0 Å². The lowest BCUT2D eigenvalue weighted by atomic mass is 10.1. The van der Waals surface area contributed by atoms with Gasteiger partial charge in [0.05, 0.1) is 13.3 Å². The number of hydrogen-bond acceptors (Lipinski definition) is 5. The highest BCUT2D eigenvalue weighted by Gasteiger charge is 2.09. The molecule has 3 aromatic rings. The van der Waals surface area contributed by atoms with Crippen LogP contribution in [0.5, 0.6) is 11.5 Å². The van der Waals surface area contributed by atoms with E-state index in [-0.39, 0.29) is 11.7 Å². The van der Waals surface area contributed by atoms with Gasteiger partial charge in [-0.2, -0.15) is 5.10 Å². The fraction of sp³-hybridized carbons (Fsp3) is 0.0800. The molecule has 1 amide bonds. The van der Waals surface area contributed by atoms with Crippen molar-refractivity contribution in [3.63, 3.8) is 0 Å². The lowest BCUT2D eigenvalue weighted by Crippen LogP contribution is -2.18. The number of aryl methyl sites for hydroxylation is 1. The van der Waals surface area contributed by atoms with Crippen LogP contribution in [0, 0.1) is 6.92 Å². The summed E-state index contributed by atoms with van der Waals surface area (Å²) >= 11 is 0. The molecule has 156 valence electrons. The van der Waals surface area contributed by atoms with Crippen LogP contribution in [0.25, 0.3) is 6.08 Å². The van der Waals surface area contributed by atoms with Gasteiger partial charge in [0.2, 0.25) is 0 Å². The fourth-order valence-corrected chi connectivity index (χ4v) is 2.77. The Hall–Kier alpha value is -4.19. The number of ether oxygens (including phenoxy) is 2. The van der Waals surface area contributed by atoms with Crippen LogP contribution in [0.4, 0.5) is 0 Å². The van der Waals surface area contributed by atoms with Gasteiger partial charge in [-0.25, -0.2) is 10.2 Å². The third kappa shape index (κ3) is 6.14. The Balaban J connectivity index is 1.63. The second-order valence-corrected chi connectivity index (χ2v) is 6.59. The number of amides is 1. The van der Waals surface area contributed by atoms with Gasteiger partial charge in [0.15, 0.2) is 11.5 Å². The van der Waals surface area contributed by atoms with Crippen LogP contribution in [0.2, 0.25) is 0 Å². The molecule has 0 heterocycles. The molecule has 0 aromatic heterocycles. The van der Waals surface area contributed by atoms with Crippen LogP contribution in [0.1, 0.15) is 27.0 Å². The highest BCUT2D eigenvalue weighted by molar-refractivity contribution is 5.96. The molecule has 0 atom stereocenters. The number of carbonyl (C=O) groups excluding carboxylic acids is 2. The maximum absolute atomic E-state index is 12.2. The van der Waals surface area contributed by atoms with Crippen LogP contribution >= 0.6 is 0 Å². The summed E-state index contributed by atoms with van der Waals surface area (Å²) < 4.78 is 10.7. The van der Waals surface area contributed by atoms with Gasteiger partial charge in [-0.3, -0.25) is 4.79 Å². The smallest absolute Gasteiger partial charge is 0.336 e. The zero-order chi connectivity index (χ0) is 22.1. The summed E-state index contributed by atoms with van der Waals surface area (Å²) in [7, 11) is 1.48. The standard InChI is InChI=1S/C25H22N2O4/c1-18-8-6-7-11-21(18)25(29)27-26-17-20-12-14-22(23(16-20)30-2)31-24(28)15-13-19-9-4-3-5-10-19/h3-17H,1-2H3,(H,27,29)/b15-13+,26-17-. The Morgan fingerprint density at radius 1 is 0.903 bits per heavy atom. The lowest BCUT2D eigenvalue weighted by molar-refractivity contribution is -0.129. The average molecular weight is 414 g/mol. The Morgan fingerprint density at radius 3 is 2.39 bits per heavy atom. The third-order valence-electron chi connectivity index (χ3n) is 4.38. The van der Waals surface area contributed by atoms with Gasteiger partial charge in [0, 0.05) is 11.6 Å². The van der Waals surface area contributed by atoms with Crippen molar-refractivity contribution in [2.24, 2.45) is 5.10 Å². The van der Waals surface area contributed by atoms with Crippen LogP contribution in [-0.4, -0.2) is 25.2 Å². The molecule has 0 fully saturated rings. The minimum Gasteiger partial charge on any atom is -0.493 e. The molecule has 6 heteroatoms. The molecule has 0 aliphatic rings. The van der Waals surface area contributed by atoms with Gasteiger partial charge in [-0.05, 0) is 54.0 Å². The lowest BCUT2D eigenvalue weighted by Gasteiger charge is -2.08. The maximum Gasteiger partial charge on any atom is 0.336 e. The molecule has 0 saturated heterocycles. The van der Waals surface area contributed by atoms with E-state index in [1.165, 1.54) is 19.4 Å². The van der Waals surface area contributed by atoms with Crippen LogP contribution in [0.3, 0.4) is 0 Å². The summed E-state index contributed by atoms with van der Waals surface area (Å²) in [6.07, 6.45) is 4.51. The number of hydrogen-bond donors (Lipinski definition) is 1. The zero-order valence-electron chi connectivity index (χ0n) is 17.2. The van der Waals surface area contributed by atoms with Crippen LogP contribution < -0.4 is 14.9 Å². The van der Waals surface area contributed by atoms with Gasteiger partial charge in [0.1, 0.15) is 0 Å². The monoisotopic (exact) mass is 414 g/mol. The van der Waals surface area contributed by atoms with E-state index in [9.17, 15) is 9.59 Å². The number of nitrogens with zero attached hydrogens (tertiary/aromatic N) is 1. The first-order valence-corrected chi connectivity index (χ1v) is 9.59. The predicted octanol–water partition coefficient (Wildman–Crippen LogP) is 4.39. The summed E-state index contributed by atoms with van der Waals surface area (Å²) in [5, 5.41) is 3.99. The molecular formula is C25H22N2O4. The maximum atomic E-state index is 12.2. The van der Waals surface area contributed by atoms with Crippen molar-refractivity contribution in [3.05, 3.63) is 101 Å². The van der Waals surface area contributed by atoms with E-state index in [4.69, 9.17) is 9.47 Å². The van der Waals surface area contributed by atoms with Crippen molar-refractivity contribution in [2.45, 2.75) is 6.92 Å². The van der Waals surface area contributed by atoms with E-state index < -0.39 is 5.97 Å². The molecule has 3 rings (SSSR count). The molecule has 0 saturated carbocycles. The zero-order valence-corrected chi connectivity index (χ0v) is 17.2. The van der Waals surface area contributed by atoms with Gasteiger partial charge in [-0.1, -0.05) is 48.5 Å². The Morgan fingerprint density at radius 2 is 1.65 bits per heavy atom. The molecule has 1 N–H and O–H groups in total. The Labute approximate surface area is 180 Å². The molecule has 0 spiro atoms. The van der Waals surface area contributed by atoms with E-state index >= 15 is 0 Å². The second-order valence-electron chi connectivity index (χ2n) is 6.59. The van der Waals surface area contributed by atoms with Gasteiger partial charge >= 0.3 is 5.97 Å². The summed E-state index contributed by atoms with van der Waals surface area (Å²) in [4.78, 5) is 24.3. The van der Waals surface area contributed by atoms with Crippen molar-refractivity contribution in [3.8, 4) is 11.5 Å². The number of esters is 1. The van der Waals surface area contributed by atoms with E-state index in [1.807, 2.05) is 49.4 Å². The summed E-state index contributed by atoms with van der Waals surface area (Å²) in [6, 6.07) is 21.7. The number of methoxy groups -OCH3 is 1. The molecule has 0 aliphatic heterocycles. The van der Waals surface area contributed by atoms with Crippen molar-refractivity contribution < 1.29 is 19.1 Å². The largest absolute Gasteiger partial charge is 0.493 e. The average Bonchev–Trinajstić information content (AvgIpc) is 2.79. The number of nitrogens with one attached hydrogen (secondary N) is 1. The topological polar surface area (TPSA) is 77.0 Å². The van der Waals surface area contributed by atoms with Gasteiger partial charge < -0.3 is 9.47 Å². The van der Waals surface area contributed by atoms with E-state index in [1.54, 1.807) is 36.4 Å². The number of benzene rings is 3. The molecule has 0 unspecified atom stereocenters. The molecule has 3 aromatic carbocycles. The summed E-state index contributed by atoms with van der Waals surface area (Å²) in [5.74, 6) is -0.159. The first-order chi connectivity index (χ1) is 15.1. The first-order valence-electron chi connectivity index (χ1n) is 9.59. The molecule has 0 aliphatic carbocycles. The second kappa shape index (κ2) is 10.5. The van der Waals surface area contributed by atoms with Crippen LogP contribution in [-0.2, 0) is 4.79 Å². The van der Waals surface area contributed by atoms with Crippen molar-refractivity contribution in [1.82, 2.24) is 5.43 Å². The SMILES string of the molecule is COc1cc(/C=N\NC(=O)c2ccccc2C)ccc1OC(=O)/C=C/c1ccccc1. The Bertz CT molecular complexity index is 1120. The highest BCUT2D eigenvalue weighted by atomic mass is 16.6. The number of carbonyl (C=O) groups is 2. The van der Waals surface area contributed by atoms with Crippen molar-refractivity contribution in [2.75, 3.05) is 7.11 Å². The normalized spacial score (nSPS) is 10.9. The first kappa shape index (κ1) is 21.5. The molecule has 0 bridgehead atoms. The van der Waals surface area contributed by atoms with Crippen molar-refractivity contribution >= 4 is 24.2 Å². The number of hydrazone groups is 1. The molecule has 0 radical (unpaired) electrons. The third-order valence-corrected chi connectivity index (χ3v) is 4.38. The van der Waals surface area contributed by atoms with E-state index in [0.717, 1.165) is 11.1 Å². The van der Waals surface area contributed by atoms with Crippen LogP contribution in [0.15, 0.2) is 84.0 Å². The quantitative estimate of drug-likeness (QED) is 0.205. The van der Waals surface area contributed by atoms with Gasteiger partial charge in [-0.15, -0.1) is 0 Å². The minimum absolute atomic E-state index is 0.284. The minimum atomic E-state index is -0.519. The predicted molar refractivity (Wildman–Crippen MR) is 120 cm³/mol. The van der Waals surface area contributed by atoms with E-state index in [2.05, 4.69) is 10.5 Å². The summed E-state index contributed by atoms with van der Waals surface area (Å²) in [5.41, 5.74) is 5.49. The molecular weight excluding hydrogens is 392 g/mol. The highest BCUT2D eigenvalue weighted by Crippen LogP contribution is 2.27. The Kier molecular flexibility index (Phi) is 7.32. The van der Waals surface area contributed by atoms with E-state index in [0.29, 0.717) is 16.9 Å².